The van der Waals surface area contributed by atoms with E-state index in [0.717, 1.165) is 24.3 Å². The normalized spacial score (nSPS) is 13.1. The maximum Gasteiger partial charge on any atom is 0.149 e. The van der Waals surface area contributed by atoms with Crippen LogP contribution in [0.3, 0.4) is 0 Å². The summed E-state index contributed by atoms with van der Waals surface area (Å²) in [5, 5.41) is 6.33. The fraction of sp³-hybridized carbons (Fsp3) is 0.667. The number of hydrogen-bond donors (Lipinski definition) is 2. The second-order valence-electron chi connectivity index (χ2n) is 4.76. The molecular weight excluding hydrogens is 264 g/mol. The van der Waals surface area contributed by atoms with Crippen LogP contribution >= 0.6 is 0 Å². The van der Waals surface area contributed by atoms with Crippen LogP contribution in [0.15, 0.2) is 6.33 Å². The van der Waals surface area contributed by atoms with Gasteiger partial charge in [0.2, 0.25) is 0 Å². The van der Waals surface area contributed by atoms with Gasteiger partial charge in [0.05, 0.1) is 5.75 Å². The fourth-order valence-electron chi connectivity index (χ4n) is 1.75. The predicted molar refractivity (Wildman–Crippen MR) is 78.3 cm³/mol. The molecule has 7 heteroatoms. The Morgan fingerprint density at radius 1 is 1.32 bits per heavy atom. The molecule has 0 spiro atoms. The Kier molecular flexibility index (Phi) is 5.53. The minimum Gasteiger partial charge on any atom is -0.370 e. The molecule has 1 rings (SSSR count). The van der Waals surface area contributed by atoms with Gasteiger partial charge in [0, 0.05) is 24.4 Å². The van der Waals surface area contributed by atoms with Crippen molar-refractivity contribution in [2.24, 2.45) is 0 Å². The van der Waals surface area contributed by atoms with E-state index in [-0.39, 0.29) is 11.8 Å². The number of rotatable bonds is 7. The van der Waals surface area contributed by atoms with Gasteiger partial charge in [-0.25, -0.2) is 18.4 Å². The highest BCUT2D eigenvalue weighted by Crippen LogP contribution is 2.18. The van der Waals surface area contributed by atoms with E-state index in [9.17, 15) is 8.42 Å². The van der Waals surface area contributed by atoms with Gasteiger partial charge in [-0.1, -0.05) is 6.92 Å². The molecule has 1 aromatic rings. The van der Waals surface area contributed by atoms with E-state index in [4.69, 9.17) is 0 Å². The summed E-state index contributed by atoms with van der Waals surface area (Å²) < 4.78 is 22.5. The second kappa shape index (κ2) is 6.70. The van der Waals surface area contributed by atoms with Crippen LogP contribution in [0.25, 0.3) is 0 Å². The van der Waals surface area contributed by atoms with E-state index in [0.29, 0.717) is 5.82 Å². The molecule has 1 aromatic heterocycles. The first-order valence-corrected chi connectivity index (χ1v) is 8.39. The van der Waals surface area contributed by atoms with Crippen molar-refractivity contribution in [2.75, 3.05) is 29.2 Å². The molecule has 1 unspecified atom stereocenters. The Labute approximate surface area is 115 Å². The molecule has 0 aliphatic heterocycles. The highest BCUT2D eigenvalue weighted by Gasteiger charge is 2.13. The first-order chi connectivity index (χ1) is 8.83. The second-order valence-corrected chi connectivity index (χ2v) is 6.95. The van der Waals surface area contributed by atoms with Crippen LogP contribution < -0.4 is 10.6 Å². The number of nitrogens with one attached hydrogen (secondary N) is 2. The minimum absolute atomic E-state index is 0.0775. The summed E-state index contributed by atoms with van der Waals surface area (Å²) in [6, 6.07) is -0.192. The zero-order valence-corrected chi connectivity index (χ0v) is 12.7. The maximum absolute atomic E-state index is 11.2. The highest BCUT2D eigenvalue weighted by atomic mass is 32.2. The minimum atomic E-state index is -3.00. The van der Waals surface area contributed by atoms with Gasteiger partial charge in [-0.15, -0.1) is 0 Å². The lowest BCUT2D eigenvalue weighted by atomic mass is 10.2. The van der Waals surface area contributed by atoms with Gasteiger partial charge in [0.25, 0.3) is 0 Å². The van der Waals surface area contributed by atoms with Crippen LogP contribution in [0, 0.1) is 6.92 Å². The number of hydrogen-bond acceptors (Lipinski definition) is 6. The summed E-state index contributed by atoms with van der Waals surface area (Å²) in [7, 11) is -3.00. The molecule has 0 radical (unpaired) electrons. The molecule has 0 aromatic carbocycles. The largest absolute Gasteiger partial charge is 0.370 e. The lowest BCUT2D eigenvalue weighted by Crippen LogP contribution is -2.26. The summed E-state index contributed by atoms with van der Waals surface area (Å²) in [5.41, 5.74) is 0.899. The van der Waals surface area contributed by atoms with Gasteiger partial charge in [-0.2, -0.15) is 0 Å². The summed E-state index contributed by atoms with van der Waals surface area (Å²) in [5.74, 6) is 1.53. The molecule has 6 nitrogen and oxygen atoms in total. The molecule has 2 N–H and O–H groups in total. The van der Waals surface area contributed by atoms with E-state index >= 15 is 0 Å². The Balaban J connectivity index is 2.78. The SMILES string of the molecule is CCCNc1ncnc(NC(C)CS(C)(=O)=O)c1C. The van der Waals surface area contributed by atoms with Crippen LogP contribution in [-0.2, 0) is 9.84 Å². The van der Waals surface area contributed by atoms with E-state index in [1.807, 2.05) is 13.8 Å². The third kappa shape index (κ3) is 5.42. The smallest absolute Gasteiger partial charge is 0.149 e. The van der Waals surface area contributed by atoms with Crippen LogP contribution in [0.5, 0.6) is 0 Å². The van der Waals surface area contributed by atoms with E-state index in [2.05, 4.69) is 27.5 Å². The molecule has 0 bridgehead atoms. The Morgan fingerprint density at radius 3 is 2.53 bits per heavy atom. The van der Waals surface area contributed by atoms with E-state index in [1.54, 1.807) is 0 Å². The Bertz CT molecular complexity index is 516. The van der Waals surface area contributed by atoms with Crippen molar-refractivity contribution in [2.45, 2.75) is 33.2 Å². The first-order valence-electron chi connectivity index (χ1n) is 6.33. The van der Waals surface area contributed by atoms with Gasteiger partial charge in [0.1, 0.15) is 27.8 Å². The standard InChI is InChI=1S/C12H22N4O2S/c1-5-6-13-11-10(3)12(15-8-14-11)16-9(2)7-19(4,17)18/h8-9H,5-7H2,1-4H3,(H2,13,14,15,16). The van der Waals surface area contributed by atoms with Gasteiger partial charge >= 0.3 is 0 Å². The molecule has 19 heavy (non-hydrogen) atoms. The molecule has 0 aliphatic rings. The third-order valence-electron chi connectivity index (χ3n) is 2.56. The van der Waals surface area contributed by atoms with E-state index in [1.165, 1.54) is 12.6 Å². The van der Waals surface area contributed by atoms with Crippen LogP contribution in [0.2, 0.25) is 0 Å². The summed E-state index contributed by atoms with van der Waals surface area (Å²) in [6.45, 7) is 6.66. The average Bonchev–Trinajstić information content (AvgIpc) is 2.28. The molecule has 1 atom stereocenters. The summed E-state index contributed by atoms with van der Waals surface area (Å²) in [4.78, 5) is 8.34. The number of nitrogens with zero attached hydrogens (tertiary/aromatic N) is 2. The molecule has 0 saturated carbocycles. The van der Waals surface area contributed by atoms with Crippen molar-refractivity contribution in [3.63, 3.8) is 0 Å². The molecule has 1 heterocycles. The highest BCUT2D eigenvalue weighted by molar-refractivity contribution is 7.90. The van der Waals surface area contributed by atoms with Crippen molar-refractivity contribution in [3.8, 4) is 0 Å². The Morgan fingerprint density at radius 2 is 1.95 bits per heavy atom. The van der Waals surface area contributed by atoms with Crippen molar-refractivity contribution < 1.29 is 8.42 Å². The van der Waals surface area contributed by atoms with Gasteiger partial charge in [-0.05, 0) is 20.3 Å². The fourth-order valence-corrected chi connectivity index (χ4v) is 2.74. The lowest BCUT2D eigenvalue weighted by molar-refractivity contribution is 0.598. The lowest BCUT2D eigenvalue weighted by Gasteiger charge is -2.16. The quantitative estimate of drug-likeness (QED) is 0.789. The topological polar surface area (TPSA) is 84.0 Å². The average molecular weight is 286 g/mol. The molecule has 0 fully saturated rings. The predicted octanol–water partition coefficient (Wildman–Crippen LogP) is 1.45. The molecular formula is C12H22N4O2S. The zero-order valence-electron chi connectivity index (χ0n) is 11.9. The van der Waals surface area contributed by atoms with Gasteiger partial charge in [0.15, 0.2) is 0 Å². The van der Waals surface area contributed by atoms with Crippen LogP contribution in [-0.4, -0.2) is 43.0 Å². The molecule has 0 aliphatic carbocycles. The molecule has 0 saturated heterocycles. The number of anilines is 2. The summed E-state index contributed by atoms with van der Waals surface area (Å²) in [6.07, 6.45) is 3.71. The van der Waals surface area contributed by atoms with Crippen LogP contribution in [0.4, 0.5) is 11.6 Å². The monoisotopic (exact) mass is 286 g/mol. The van der Waals surface area contributed by atoms with Crippen LogP contribution in [0.1, 0.15) is 25.8 Å². The first kappa shape index (κ1) is 15.7. The zero-order chi connectivity index (χ0) is 14.5. The number of aromatic nitrogens is 2. The van der Waals surface area contributed by atoms with Crippen molar-refractivity contribution in [3.05, 3.63) is 11.9 Å². The van der Waals surface area contributed by atoms with Crippen molar-refractivity contribution >= 4 is 21.5 Å². The van der Waals surface area contributed by atoms with Crippen molar-refractivity contribution in [1.29, 1.82) is 0 Å². The van der Waals surface area contributed by atoms with Gasteiger partial charge in [-0.3, -0.25) is 0 Å². The van der Waals surface area contributed by atoms with E-state index < -0.39 is 9.84 Å². The third-order valence-corrected chi connectivity index (χ3v) is 3.67. The molecule has 0 amide bonds. The maximum atomic E-state index is 11.2. The number of sulfone groups is 1. The molecule has 108 valence electrons. The Hall–Kier alpha value is -1.37. The summed E-state index contributed by atoms with van der Waals surface area (Å²) >= 11 is 0. The van der Waals surface area contributed by atoms with Gasteiger partial charge < -0.3 is 10.6 Å². The van der Waals surface area contributed by atoms with Crippen molar-refractivity contribution in [1.82, 2.24) is 9.97 Å².